The van der Waals surface area contributed by atoms with Crippen molar-refractivity contribution in [3.05, 3.63) is 35.4 Å². The minimum Gasteiger partial charge on any atom is -0.394 e. The van der Waals surface area contributed by atoms with Crippen molar-refractivity contribution in [2.75, 3.05) is 26.4 Å². The van der Waals surface area contributed by atoms with Crippen molar-refractivity contribution in [1.82, 2.24) is 5.32 Å². The SMILES string of the molecule is OC[C@]1(NCCO[C@@H]2CCCCO2)CCCc2ccccc21. The fraction of sp³-hybridized carbons (Fsp3) is 0.667. The van der Waals surface area contributed by atoms with Crippen LogP contribution in [0.1, 0.15) is 43.2 Å². The molecule has 0 amide bonds. The van der Waals surface area contributed by atoms with E-state index in [1.54, 1.807) is 0 Å². The van der Waals surface area contributed by atoms with Crippen molar-refractivity contribution in [2.24, 2.45) is 0 Å². The maximum atomic E-state index is 10.0. The first kappa shape index (κ1) is 15.9. The maximum absolute atomic E-state index is 10.0. The quantitative estimate of drug-likeness (QED) is 0.792. The zero-order valence-electron chi connectivity index (χ0n) is 13.2. The number of rotatable bonds is 6. The lowest BCUT2D eigenvalue weighted by molar-refractivity contribution is -0.162. The van der Waals surface area contributed by atoms with Crippen LogP contribution < -0.4 is 5.32 Å². The van der Waals surface area contributed by atoms with Gasteiger partial charge in [0.1, 0.15) is 0 Å². The first-order valence-electron chi connectivity index (χ1n) is 8.51. The third kappa shape index (κ3) is 3.51. The zero-order valence-corrected chi connectivity index (χ0v) is 13.2. The molecule has 0 saturated carbocycles. The van der Waals surface area contributed by atoms with Crippen LogP contribution in [0, 0.1) is 0 Å². The van der Waals surface area contributed by atoms with E-state index in [9.17, 15) is 5.11 Å². The highest BCUT2D eigenvalue weighted by atomic mass is 16.7. The molecule has 2 atom stereocenters. The number of ether oxygens (including phenoxy) is 2. The van der Waals surface area contributed by atoms with Crippen LogP contribution in [0.5, 0.6) is 0 Å². The molecule has 1 heterocycles. The number of aryl methyl sites for hydroxylation is 1. The molecule has 4 heteroatoms. The average Bonchev–Trinajstić information content (AvgIpc) is 2.60. The number of fused-ring (bicyclic) bond motifs is 1. The highest BCUT2D eigenvalue weighted by Gasteiger charge is 2.35. The van der Waals surface area contributed by atoms with Crippen molar-refractivity contribution >= 4 is 0 Å². The standard InChI is InChI=1S/C18H27NO3/c20-14-18(10-5-7-15-6-1-2-8-16(15)18)19-11-13-22-17-9-3-4-12-21-17/h1-2,6,8,17,19-20H,3-5,7,9-14H2/t17-,18-/m1/s1. The average molecular weight is 305 g/mol. The topological polar surface area (TPSA) is 50.7 Å². The van der Waals surface area contributed by atoms with Crippen molar-refractivity contribution in [1.29, 1.82) is 0 Å². The van der Waals surface area contributed by atoms with Crippen molar-refractivity contribution in [3.8, 4) is 0 Å². The van der Waals surface area contributed by atoms with Crippen molar-refractivity contribution < 1.29 is 14.6 Å². The van der Waals surface area contributed by atoms with Gasteiger partial charge in [0.15, 0.2) is 6.29 Å². The Hall–Kier alpha value is -0.940. The second-order valence-electron chi connectivity index (χ2n) is 6.34. The van der Waals surface area contributed by atoms with E-state index in [1.165, 1.54) is 17.5 Å². The molecule has 1 saturated heterocycles. The molecule has 0 aromatic heterocycles. The summed E-state index contributed by atoms with van der Waals surface area (Å²) in [5.41, 5.74) is 2.29. The van der Waals surface area contributed by atoms with Gasteiger partial charge in [0.25, 0.3) is 0 Å². The molecule has 0 unspecified atom stereocenters. The maximum Gasteiger partial charge on any atom is 0.157 e. The Balaban J connectivity index is 1.55. The minimum absolute atomic E-state index is 0.0423. The van der Waals surface area contributed by atoms with E-state index in [-0.39, 0.29) is 18.4 Å². The number of nitrogens with one attached hydrogen (secondary N) is 1. The number of aliphatic hydroxyl groups excluding tert-OH is 1. The normalized spacial score (nSPS) is 28.3. The van der Waals surface area contributed by atoms with Crippen molar-refractivity contribution in [2.45, 2.75) is 50.4 Å². The molecule has 1 aliphatic heterocycles. The summed E-state index contributed by atoms with van der Waals surface area (Å²) in [4.78, 5) is 0. The molecule has 0 radical (unpaired) electrons. The monoisotopic (exact) mass is 305 g/mol. The van der Waals surface area contributed by atoms with Crippen LogP contribution in [-0.4, -0.2) is 37.8 Å². The van der Waals surface area contributed by atoms with Gasteiger partial charge < -0.3 is 19.9 Å². The molecule has 0 bridgehead atoms. The fourth-order valence-electron chi connectivity index (χ4n) is 3.65. The second-order valence-corrected chi connectivity index (χ2v) is 6.34. The molecule has 2 N–H and O–H groups in total. The summed E-state index contributed by atoms with van der Waals surface area (Å²) in [6, 6.07) is 8.45. The molecular weight excluding hydrogens is 278 g/mol. The summed E-state index contributed by atoms with van der Waals surface area (Å²) >= 11 is 0. The highest BCUT2D eigenvalue weighted by molar-refractivity contribution is 5.36. The van der Waals surface area contributed by atoms with Gasteiger partial charge in [0.2, 0.25) is 0 Å². The summed E-state index contributed by atoms with van der Waals surface area (Å²) < 4.78 is 11.4. The van der Waals surface area contributed by atoms with Crippen LogP contribution in [0.4, 0.5) is 0 Å². The van der Waals surface area contributed by atoms with Crippen LogP contribution in [0.15, 0.2) is 24.3 Å². The predicted octanol–water partition coefficient (Wildman–Crippen LogP) is 2.34. The van der Waals surface area contributed by atoms with Crippen LogP contribution in [-0.2, 0) is 21.4 Å². The third-order valence-electron chi connectivity index (χ3n) is 4.86. The summed E-state index contributed by atoms with van der Waals surface area (Å²) in [5, 5.41) is 13.6. The molecule has 1 aromatic carbocycles. The van der Waals surface area contributed by atoms with Crippen LogP contribution in [0.3, 0.4) is 0 Å². The van der Waals surface area contributed by atoms with E-state index in [2.05, 4.69) is 29.6 Å². The summed E-state index contributed by atoms with van der Waals surface area (Å²) in [7, 11) is 0. The molecule has 1 fully saturated rings. The van der Waals surface area contributed by atoms with Gasteiger partial charge in [-0.1, -0.05) is 24.3 Å². The summed E-state index contributed by atoms with van der Waals surface area (Å²) in [5.74, 6) is 0. The number of hydrogen-bond donors (Lipinski definition) is 2. The first-order chi connectivity index (χ1) is 10.8. The van der Waals surface area contributed by atoms with Gasteiger partial charge in [-0.2, -0.15) is 0 Å². The molecule has 3 rings (SSSR count). The second kappa shape index (κ2) is 7.55. The Labute approximate surface area is 132 Å². The number of benzene rings is 1. The smallest absolute Gasteiger partial charge is 0.157 e. The van der Waals surface area contributed by atoms with E-state index in [0.29, 0.717) is 6.61 Å². The highest BCUT2D eigenvalue weighted by Crippen LogP contribution is 2.34. The van der Waals surface area contributed by atoms with Crippen molar-refractivity contribution in [3.63, 3.8) is 0 Å². The lowest BCUT2D eigenvalue weighted by Gasteiger charge is -2.39. The van der Waals surface area contributed by atoms with E-state index in [0.717, 1.165) is 45.3 Å². The molecule has 2 aliphatic rings. The van der Waals surface area contributed by atoms with Gasteiger partial charge in [-0.25, -0.2) is 0 Å². The largest absolute Gasteiger partial charge is 0.394 e. The minimum atomic E-state index is -0.314. The molecule has 22 heavy (non-hydrogen) atoms. The molecule has 1 aliphatic carbocycles. The third-order valence-corrected chi connectivity index (χ3v) is 4.86. The molecule has 122 valence electrons. The lowest BCUT2D eigenvalue weighted by Crippen LogP contribution is -2.49. The summed E-state index contributed by atoms with van der Waals surface area (Å²) in [6.07, 6.45) is 6.46. The van der Waals surface area contributed by atoms with E-state index in [1.807, 2.05) is 0 Å². The molecule has 0 spiro atoms. The Morgan fingerprint density at radius 1 is 1.27 bits per heavy atom. The lowest BCUT2D eigenvalue weighted by atomic mass is 9.77. The van der Waals surface area contributed by atoms with Gasteiger partial charge in [0, 0.05) is 13.2 Å². The van der Waals surface area contributed by atoms with Gasteiger partial charge in [-0.3, -0.25) is 0 Å². The fourth-order valence-corrected chi connectivity index (χ4v) is 3.65. The van der Waals surface area contributed by atoms with Gasteiger partial charge in [0.05, 0.1) is 18.8 Å². The first-order valence-corrected chi connectivity index (χ1v) is 8.51. The Kier molecular flexibility index (Phi) is 5.47. The summed E-state index contributed by atoms with van der Waals surface area (Å²) in [6.45, 7) is 2.29. The van der Waals surface area contributed by atoms with E-state index in [4.69, 9.17) is 9.47 Å². The Morgan fingerprint density at radius 3 is 3.00 bits per heavy atom. The van der Waals surface area contributed by atoms with Gasteiger partial charge in [-0.05, 0) is 49.7 Å². The zero-order chi connectivity index (χ0) is 15.3. The Bertz CT molecular complexity index is 473. The van der Waals surface area contributed by atoms with E-state index < -0.39 is 0 Å². The van der Waals surface area contributed by atoms with Gasteiger partial charge in [-0.15, -0.1) is 0 Å². The van der Waals surface area contributed by atoms with E-state index >= 15 is 0 Å². The molecular formula is C18H27NO3. The van der Waals surface area contributed by atoms with Crippen LogP contribution >= 0.6 is 0 Å². The van der Waals surface area contributed by atoms with Gasteiger partial charge >= 0.3 is 0 Å². The van der Waals surface area contributed by atoms with Crippen LogP contribution in [0.25, 0.3) is 0 Å². The predicted molar refractivity (Wildman–Crippen MR) is 85.7 cm³/mol. The van der Waals surface area contributed by atoms with Crippen LogP contribution in [0.2, 0.25) is 0 Å². The number of aliphatic hydroxyl groups is 1. The number of hydrogen-bond acceptors (Lipinski definition) is 4. The molecule has 1 aromatic rings. The molecule has 4 nitrogen and oxygen atoms in total. The Morgan fingerprint density at radius 2 is 2.18 bits per heavy atom.